The fourth-order valence-electron chi connectivity index (χ4n) is 5.05. The molecule has 0 saturated carbocycles. The monoisotopic (exact) mass is 519 g/mol. The van der Waals surface area contributed by atoms with E-state index in [2.05, 4.69) is 11.8 Å². The van der Waals surface area contributed by atoms with Crippen molar-refractivity contribution in [1.29, 1.82) is 0 Å². The first-order chi connectivity index (χ1) is 18.4. The first-order valence-electron chi connectivity index (χ1n) is 13.4. The smallest absolute Gasteiger partial charge is 0.336 e. The van der Waals surface area contributed by atoms with Crippen LogP contribution in [0.1, 0.15) is 44.2 Å². The Balaban J connectivity index is 1.51. The van der Waals surface area contributed by atoms with E-state index in [1.165, 1.54) is 4.90 Å². The number of carbonyl (C=O) groups excluding carboxylic acids is 3. The Labute approximate surface area is 224 Å². The van der Waals surface area contributed by atoms with E-state index in [4.69, 9.17) is 9.47 Å². The van der Waals surface area contributed by atoms with Crippen molar-refractivity contribution in [3.63, 3.8) is 0 Å². The van der Waals surface area contributed by atoms with Crippen LogP contribution in [0.4, 0.5) is 0 Å². The molecule has 2 aliphatic heterocycles. The maximum absolute atomic E-state index is 13.3. The maximum atomic E-state index is 13.3. The Bertz CT molecular complexity index is 1150. The second kappa shape index (κ2) is 12.7. The van der Waals surface area contributed by atoms with E-state index in [0.29, 0.717) is 36.7 Å². The summed E-state index contributed by atoms with van der Waals surface area (Å²) in [7, 11) is 0. The standard InChI is InChI=1S/C30H37N3O5/c1-4-31-15-17-32(18-16-31)28(35)20-33-22(3)29(30(36)37-5-2)26(19-27(33)34)24-11-13-25(14-12-24)38-21-23-9-7-6-8-10-23/h6-14,26H,4-5,15-21H2,1-3H3. The van der Waals surface area contributed by atoms with E-state index in [1.807, 2.05) is 54.6 Å². The number of ether oxygens (including phenoxy) is 2. The molecule has 4 rings (SSSR count). The SMILES string of the molecule is CCOC(=O)C1=C(C)N(CC(=O)N2CCN(CC)CC2)C(=O)CC1c1ccc(OCc2ccccc2)cc1. The summed E-state index contributed by atoms with van der Waals surface area (Å²) < 4.78 is 11.3. The Kier molecular flexibility index (Phi) is 9.18. The molecular formula is C30H37N3O5. The predicted molar refractivity (Wildman–Crippen MR) is 144 cm³/mol. The van der Waals surface area contributed by atoms with E-state index in [0.717, 1.165) is 30.8 Å². The van der Waals surface area contributed by atoms with Crippen LogP contribution in [0.3, 0.4) is 0 Å². The van der Waals surface area contributed by atoms with Crippen LogP contribution in [0, 0.1) is 0 Å². The van der Waals surface area contributed by atoms with Gasteiger partial charge in [0.15, 0.2) is 0 Å². The number of carbonyl (C=O) groups is 3. The summed E-state index contributed by atoms with van der Waals surface area (Å²) in [4.78, 5) is 45.0. The fraction of sp³-hybridized carbons (Fsp3) is 0.433. The number of allylic oxidation sites excluding steroid dienone is 1. The molecule has 1 saturated heterocycles. The van der Waals surface area contributed by atoms with Crippen molar-refractivity contribution < 1.29 is 23.9 Å². The number of benzene rings is 2. The molecule has 2 amide bonds. The van der Waals surface area contributed by atoms with Gasteiger partial charge in [-0.25, -0.2) is 4.79 Å². The van der Waals surface area contributed by atoms with Crippen LogP contribution in [0.2, 0.25) is 0 Å². The van der Waals surface area contributed by atoms with E-state index in [1.54, 1.807) is 18.7 Å². The van der Waals surface area contributed by atoms with Gasteiger partial charge in [-0.05, 0) is 43.7 Å². The first kappa shape index (κ1) is 27.4. The number of amides is 2. The highest BCUT2D eigenvalue weighted by Gasteiger charge is 2.38. The van der Waals surface area contributed by atoms with Gasteiger partial charge in [0.05, 0.1) is 12.2 Å². The van der Waals surface area contributed by atoms with Gasteiger partial charge in [-0.3, -0.25) is 9.59 Å². The molecule has 2 aromatic carbocycles. The highest BCUT2D eigenvalue weighted by atomic mass is 16.5. The lowest BCUT2D eigenvalue weighted by molar-refractivity contribution is -0.143. The largest absolute Gasteiger partial charge is 0.489 e. The molecule has 0 radical (unpaired) electrons. The zero-order valence-electron chi connectivity index (χ0n) is 22.5. The summed E-state index contributed by atoms with van der Waals surface area (Å²) in [6, 6.07) is 17.4. The van der Waals surface area contributed by atoms with Crippen LogP contribution in [0.25, 0.3) is 0 Å². The average molecular weight is 520 g/mol. The Hall–Kier alpha value is -3.65. The molecule has 0 aliphatic carbocycles. The van der Waals surface area contributed by atoms with Gasteiger partial charge in [0.2, 0.25) is 11.8 Å². The van der Waals surface area contributed by atoms with Crippen LogP contribution in [-0.4, -0.2) is 78.4 Å². The molecule has 8 nitrogen and oxygen atoms in total. The molecule has 0 N–H and O–H groups in total. The topological polar surface area (TPSA) is 79.4 Å². The number of hydrogen-bond acceptors (Lipinski definition) is 6. The lowest BCUT2D eigenvalue weighted by Gasteiger charge is -2.37. The second-order valence-electron chi connectivity index (χ2n) is 9.61. The minimum Gasteiger partial charge on any atom is -0.489 e. The highest BCUT2D eigenvalue weighted by molar-refractivity contribution is 5.97. The number of esters is 1. The summed E-state index contributed by atoms with van der Waals surface area (Å²) in [5.41, 5.74) is 2.80. The quantitative estimate of drug-likeness (QED) is 0.471. The number of hydrogen-bond donors (Lipinski definition) is 0. The molecule has 38 heavy (non-hydrogen) atoms. The molecule has 1 fully saturated rings. The second-order valence-corrected chi connectivity index (χ2v) is 9.61. The highest BCUT2D eigenvalue weighted by Crippen LogP contribution is 2.37. The van der Waals surface area contributed by atoms with E-state index >= 15 is 0 Å². The molecule has 0 aromatic heterocycles. The van der Waals surface area contributed by atoms with Crippen molar-refractivity contribution >= 4 is 17.8 Å². The summed E-state index contributed by atoms with van der Waals surface area (Å²) >= 11 is 0. The van der Waals surface area contributed by atoms with Gasteiger partial charge in [0, 0.05) is 44.2 Å². The Morgan fingerprint density at radius 2 is 1.63 bits per heavy atom. The van der Waals surface area contributed by atoms with Crippen molar-refractivity contribution in [1.82, 2.24) is 14.7 Å². The van der Waals surface area contributed by atoms with Gasteiger partial charge >= 0.3 is 5.97 Å². The third-order valence-corrected chi connectivity index (χ3v) is 7.31. The van der Waals surface area contributed by atoms with Crippen molar-refractivity contribution in [2.24, 2.45) is 0 Å². The molecule has 2 aromatic rings. The molecule has 0 bridgehead atoms. The fourth-order valence-corrected chi connectivity index (χ4v) is 5.05. The van der Waals surface area contributed by atoms with Crippen molar-refractivity contribution in [2.75, 3.05) is 45.9 Å². The minimum atomic E-state index is -0.457. The van der Waals surface area contributed by atoms with Crippen LogP contribution < -0.4 is 4.74 Å². The summed E-state index contributed by atoms with van der Waals surface area (Å²) in [6.07, 6.45) is 0.0899. The van der Waals surface area contributed by atoms with Crippen LogP contribution in [0.5, 0.6) is 5.75 Å². The number of likely N-dealkylation sites (N-methyl/N-ethyl adjacent to an activating group) is 1. The number of nitrogens with zero attached hydrogens (tertiary/aromatic N) is 3. The van der Waals surface area contributed by atoms with Crippen LogP contribution in [-0.2, 0) is 25.7 Å². The van der Waals surface area contributed by atoms with E-state index < -0.39 is 11.9 Å². The van der Waals surface area contributed by atoms with Gasteiger partial charge in [-0.1, -0.05) is 49.4 Å². The lowest BCUT2D eigenvalue weighted by Crippen LogP contribution is -2.52. The molecule has 2 heterocycles. The van der Waals surface area contributed by atoms with E-state index in [-0.39, 0.29) is 31.4 Å². The Morgan fingerprint density at radius 3 is 2.26 bits per heavy atom. The van der Waals surface area contributed by atoms with Gasteiger partial charge < -0.3 is 24.2 Å². The van der Waals surface area contributed by atoms with Crippen molar-refractivity contribution in [3.05, 3.63) is 77.0 Å². The van der Waals surface area contributed by atoms with Crippen molar-refractivity contribution in [3.8, 4) is 5.75 Å². The lowest BCUT2D eigenvalue weighted by atomic mass is 9.83. The summed E-state index contributed by atoms with van der Waals surface area (Å²) in [6.45, 7) is 10.1. The third kappa shape index (κ3) is 6.42. The number of rotatable bonds is 9. The zero-order chi connectivity index (χ0) is 27.1. The van der Waals surface area contributed by atoms with Gasteiger partial charge in [0.25, 0.3) is 0 Å². The first-order valence-corrected chi connectivity index (χ1v) is 13.4. The summed E-state index contributed by atoms with van der Waals surface area (Å²) in [5.74, 6) is -0.487. The van der Waals surface area contributed by atoms with Gasteiger partial charge in [-0.15, -0.1) is 0 Å². The van der Waals surface area contributed by atoms with Crippen LogP contribution >= 0.6 is 0 Å². The van der Waals surface area contributed by atoms with Crippen LogP contribution in [0.15, 0.2) is 65.9 Å². The van der Waals surface area contributed by atoms with Gasteiger partial charge in [0.1, 0.15) is 18.9 Å². The predicted octanol–water partition coefficient (Wildman–Crippen LogP) is 3.58. The molecule has 202 valence electrons. The average Bonchev–Trinajstić information content (AvgIpc) is 2.94. The van der Waals surface area contributed by atoms with Gasteiger partial charge in [-0.2, -0.15) is 0 Å². The normalized spacial score (nSPS) is 18.5. The molecule has 1 atom stereocenters. The number of piperazine rings is 1. The third-order valence-electron chi connectivity index (χ3n) is 7.31. The minimum absolute atomic E-state index is 0.0708. The summed E-state index contributed by atoms with van der Waals surface area (Å²) in [5, 5.41) is 0. The molecule has 1 unspecified atom stereocenters. The Morgan fingerprint density at radius 1 is 0.947 bits per heavy atom. The maximum Gasteiger partial charge on any atom is 0.336 e. The molecule has 2 aliphatic rings. The van der Waals surface area contributed by atoms with Crippen molar-refractivity contribution in [2.45, 2.75) is 39.7 Å². The molecule has 0 spiro atoms. The van der Waals surface area contributed by atoms with E-state index in [9.17, 15) is 14.4 Å². The molecular weight excluding hydrogens is 482 g/mol. The molecule has 8 heteroatoms. The zero-order valence-corrected chi connectivity index (χ0v) is 22.5.